The van der Waals surface area contributed by atoms with Gasteiger partial charge < -0.3 is 9.80 Å². The first kappa shape index (κ1) is 9.49. The largest absolute Gasteiger partial charge is 0.322 e. The van der Waals surface area contributed by atoms with Crippen molar-refractivity contribution in [2.24, 2.45) is 0 Å². The molecule has 2 amide bonds. The van der Waals surface area contributed by atoms with Gasteiger partial charge in [-0.15, -0.1) is 0 Å². The first-order valence-electron chi connectivity index (χ1n) is 5.23. The van der Waals surface area contributed by atoms with Gasteiger partial charge in [-0.25, -0.2) is 4.79 Å². The van der Waals surface area contributed by atoms with Crippen molar-refractivity contribution >= 4 is 11.8 Å². The van der Waals surface area contributed by atoms with Gasteiger partial charge in [0.15, 0.2) is 0 Å². The quantitative estimate of drug-likeness (QED) is 0.672. The Morgan fingerprint density at radius 1 is 1.43 bits per heavy atom. The van der Waals surface area contributed by atoms with Crippen LogP contribution in [0, 0.1) is 0 Å². The van der Waals surface area contributed by atoms with Crippen LogP contribution < -0.4 is 0 Å². The van der Waals surface area contributed by atoms with E-state index < -0.39 is 0 Å². The van der Waals surface area contributed by atoms with E-state index in [1.807, 2.05) is 4.90 Å². The van der Waals surface area contributed by atoms with E-state index in [0.717, 1.165) is 32.4 Å². The van der Waals surface area contributed by atoms with Crippen LogP contribution in [-0.4, -0.2) is 47.3 Å². The molecule has 1 aliphatic carbocycles. The van der Waals surface area contributed by atoms with Crippen LogP contribution in [0.4, 0.5) is 4.79 Å². The van der Waals surface area contributed by atoms with E-state index in [4.69, 9.17) is 0 Å². The van der Waals surface area contributed by atoms with Gasteiger partial charge in [0.1, 0.15) is 5.78 Å². The van der Waals surface area contributed by atoms with Crippen molar-refractivity contribution in [3.8, 4) is 0 Å². The van der Waals surface area contributed by atoms with Crippen molar-refractivity contribution in [1.29, 1.82) is 0 Å². The second-order valence-electron chi connectivity index (χ2n) is 4.18. The average molecular weight is 196 g/mol. The molecule has 1 saturated heterocycles. The molecular weight excluding hydrogens is 180 g/mol. The summed E-state index contributed by atoms with van der Waals surface area (Å²) in [4.78, 5) is 26.4. The number of ketones is 1. The molecule has 78 valence electrons. The minimum atomic E-state index is 0.0638. The minimum absolute atomic E-state index is 0.0638. The van der Waals surface area contributed by atoms with E-state index in [1.165, 1.54) is 6.92 Å². The standard InChI is InChI=1S/C10H16N2O2/c1-8(13)7-11-5-2-6-12(10(11)14)9-3-4-9/h9H,2-7H2,1H3. The highest BCUT2D eigenvalue weighted by molar-refractivity contribution is 5.84. The van der Waals surface area contributed by atoms with E-state index in [0.29, 0.717) is 6.04 Å². The minimum Gasteiger partial charge on any atom is -0.322 e. The number of hydrogen-bond acceptors (Lipinski definition) is 2. The van der Waals surface area contributed by atoms with Gasteiger partial charge in [0.2, 0.25) is 0 Å². The molecule has 0 aromatic carbocycles. The van der Waals surface area contributed by atoms with Gasteiger partial charge in [-0.2, -0.15) is 0 Å². The van der Waals surface area contributed by atoms with Crippen LogP contribution >= 0.6 is 0 Å². The molecule has 1 aliphatic heterocycles. The van der Waals surface area contributed by atoms with E-state index in [9.17, 15) is 9.59 Å². The highest BCUT2D eigenvalue weighted by atomic mass is 16.2. The Morgan fingerprint density at radius 2 is 2.14 bits per heavy atom. The van der Waals surface area contributed by atoms with Gasteiger partial charge in [0, 0.05) is 19.1 Å². The smallest absolute Gasteiger partial charge is 0.320 e. The van der Waals surface area contributed by atoms with Gasteiger partial charge >= 0.3 is 6.03 Å². The molecule has 0 radical (unpaired) electrons. The summed E-state index contributed by atoms with van der Waals surface area (Å²) in [5.74, 6) is 0.0657. The number of amides is 2. The van der Waals surface area contributed by atoms with Crippen LogP contribution in [0.5, 0.6) is 0 Å². The fourth-order valence-corrected chi connectivity index (χ4v) is 1.95. The first-order valence-corrected chi connectivity index (χ1v) is 5.23. The maximum atomic E-state index is 11.8. The lowest BCUT2D eigenvalue weighted by molar-refractivity contribution is -0.117. The second-order valence-corrected chi connectivity index (χ2v) is 4.18. The molecule has 1 saturated carbocycles. The van der Waals surface area contributed by atoms with Gasteiger partial charge in [-0.1, -0.05) is 0 Å². The van der Waals surface area contributed by atoms with E-state index in [1.54, 1.807) is 4.90 Å². The summed E-state index contributed by atoms with van der Waals surface area (Å²) in [5.41, 5.74) is 0. The summed E-state index contributed by atoms with van der Waals surface area (Å²) in [6.07, 6.45) is 3.27. The average Bonchev–Trinajstić information content (AvgIpc) is 2.91. The van der Waals surface area contributed by atoms with Gasteiger partial charge in [0.05, 0.1) is 6.54 Å². The maximum absolute atomic E-state index is 11.8. The lowest BCUT2D eigenvalue weighted by Crippen LogP contribution is -2.51. The summed E-state index contributed by atoms with van der Waals surface area (Å²) < 4.78 is 0. The van der Waals surface area contributed by atoms with E-state index in [-0.39, 0.29) is 18.4 Å². The molecular formula is C10H16N2O2. The normalized spacial score (nSPS) is 22.8. The van der Waals surface area contributed by atoms with Gasteiger partial charge in [0.25, 0.3) is 0 Å². The maximum Gasteiger partial charge on any atom is 0.320 e. The molecule has 2 fully saturated rings. The number of rotatable bonds is 3. The predicted octanol–water partition coefficient (Wildman–Crippen LogP) is 0.865. The Bertz CT molecular complexity index is 261. The number of nitrogens with zero attached hydrogens (tertiary/aromatic N) is 2. The molecule has 0 bridgehead atoms. The third-order valence-electron chi connectivity index (χ3n) is 2.74. The lowest BCUT2D eigenvalue weighted by Gasteiger charge is -2.35. The van der Waals surface area contributed by atoms with Crippen LogP contribution in [0.3, 0.4) is 0 Å². The molecule has 4 nitrogen and oxygen atoms in total. The van der Waals surface area contributed by atoms with Crippen LogP contribution in [0.25, 0.3) is 0 Å². The summed E-state index contributed by atoms with van der Waals surface area (Å²) in [5, 5.41) is 0. The van der Waals surface area contributed by atoms with Crippen molar-refractivity contribution in [2.75, 3.05) is 19.6 Å². The number of carbonyl (C=O) groups excluding carboxylic acids is 2. The van der Waals surface area contributed by atoms with Crippen molar-refractivity contribution < 1.29 is 9.59 Å². The molecule has 0 aromatic rings. The third-order valence-corrected chi connectivity index (χ3v) is 2.74. The summed E-state index contributed by atoms with van der Waals surface area (Å²) in [6.45, 7) is 3.42. The topological polar surface area (TPSA) is 40.6 Å². The zero-order valence-corrected chi connectivity index (χ0v) is 8.53. The molecule has 0 aromatic heterocycles. The van der Waals surface area contributed by atoms with Crippen LogP contribution in [0.15, 0.2) is 0 Å². The molecule has 0 atom stereocenters. The zero-order chi connectivity index (χ0) is 10.1. The predicted molar refractivity (Wildman–Crippen MR) is 52.0 cm³/mol. The molecule has 14 heavy (non-hydrogen) atoms. The first-order chi connectivity index (χ1) is 6.68. The van der Waals surface area contributed by atoms with Gasteiger partial charge in [-0.3, -0.25) is 4.79 Å². The summed E-state index contributed by atoms with van der Waals surface area (Å²) in [7, 11) is 0. The van der Waals surface area contributed by atoms with Crippen molar-refractivity contribution in [3.05, 3.63) is 0 Å². The Hall–Kier alpha value is -1.06. The summed E-state index contributed by atoms with van der Waals surface area (Å²) in [6, 6.07) is 0.534. The number of Topliss-reactive ketones (excluding diaryl/α,β-unsaturated/α-hetero) is 1. The van der Waals surface area contributed by atoms with Crippen molar-refractivity contribution in [1.82, 2.24) is 9.80 Å². The molecule has 0 spiro atoms. The number of carbonyl (C=O) groups is 2. The Kier molecular flexibility index (Phi) is 2.44. The SMILES string of the molecule is CC(=O)CN1CCCN(C2CC2)C1=O. The molecule has 1 heterocycles. The Labute approximate surface area is 83.9 Å². The van der Waals surface area contributed by atoms with Crippen molar-refractivity contribution in [3.63, 3.8) is 0 Å². The fraction of sp³-hybridized carbons (Fsp3) is 0.800. The fourth-order valence-electron chi connectivity index (χ4n) is 1.95. The molecule has 0 unspecified atom stereocenters. The van der Waals surface area contributed by atoms with Crippen LogP contribution in [0.1, 0.15) is 26.2 Å². The van der Waals surface area contributed by atoms with Crippen LogP contribution in [-0.2, 0) is 4.79 Å². The second kappa shape index (κ2) is 3.59. The molecule has 4 heteroatoms. The van der Waals surface area contributed by atoms with Gasteiger partial charge in [-0.05, 0) is 26.2 Å². The number of urea groups is 1. The lowest BCUT2D eigenvalue weighted by atomic mass is 10.2. The third kappa shape index (κ3) is 1.89. The van der Waals surface area contributed by atoms with E-state index in [2.05, 4.69) is 0 Å². The zero-order valence-electron chi connectivity index (χ0n) is 8.53. The molecule has 2 aliphatic rings. The van der Waals surface area contributed by atoms with E-state index >= 15 is 0 Å². The summed E-state index contributed by atoms with van der Waals surface area (Å²) >= 11 is 0. The monoisotopic (exact) mass is 196 g/mol. The Balaban J connectivity index is 1.97. The van der Waals surface area contributed by atoms with Crippen LogP contribution in [0.2, 0.25) is 0 Å². The molecule has 2 rings (SSSR count). The Morgan fingerprint density at radius 3 is 2.71 bits per heavy atom. The van der Waals surface area contributed by atoms with Crippen molar-refractivity contribution in [2.45, 2.75) is 32.2 Å². The number of hydrogen-bond donors (Lipinski definition) is 0. The highest BCUT2D eigenvalue weighted by Crippen LogP contribution is 2.29. The highest BCUT2D eigenvalue weighted by Gasteiger charge is 2.36. The molecule has 0 N–H and O–H groups in total.